The third-order valence-corrected chi connectivity index (χ3v) is 6.74. The summed E-state index contributed by atoms with van der Waals surface area (Å²) in [7, 11) is 0. The van der Waals surface area contributed by atoms with Crippen LogP contribution in [0.2, 0.25) is 0 Å². The lowest BCUT2D eigenvalue weighted by molar-refractivity contribution is -0.143. The van der Waals surface area contributed by atoms with Crippen LogP contribution in [-0.2, 0) is 20.7 Å². The zero-order valence-electron chi connectivity index (χ0n) is 16.1. The molecule has 0 aliphatic carbocycles. The first kappa shape index (κ1) is 19.3. The van der Waals surface area contributed by atoms with Crippen LogP contribution in [0, 0.1) is 5.92 Å². The molecule has 0 unspecified atom stereocenters. The molecule has 2 aliphatic heterocycles. The van der Waals surface area contributed by atoms with E-state index in [0.717, 1.165) is 36.2 Å². The van der Waals surface area contributed by atoms with Crippen LogP contribution in [0.15, 0.2) is 24.3 Å². The van der Waals surface area contributed by atoms with E-state index < -0.39 is 0 Å². The number of aryl methyl sites for hydroxylation is 1. The van der Waals surface area contributed by atoms with E-state index in [2.05, 4.69) is 11.1 Å². The van der Waals surface area contributed by atoms with Gasteiger partial charge >= 0.3 is 0 Å². The number of hydrogen-bond donors (Lipinski definition) is 0. The Labute approximate surface area is 169 Å². The fourth-order valence-electron chi connectivity index (χ4n) is 3.99. The molecule has 0 saturated carbocycles. The Balaban J connectivity index is 1.20. The summed E-state index contributed by atoms with van der Waals surface area (Å²) >= 11 is 1.71. The van der Waals surface area contributed by atoms with Crippen LogP contribution >= 0.6 is 11.3 Å². The number of carbonyl (C=O) groups is 2. The standard InChI is InChI=1S/C21H27N3O3S/c25-20(7-3-6-19-22-17-4-1-2-5-18(17)28-19)23-10-8-16(9-11-23)21(26)24-12-14-27-15-13-24/h1-2,4-5,16H,3,6-15H2. The molecule has 6 nitrogen and oxygen atoms in total. The molecule has 28 heavy (non-hydrogen) atoms. The molecule has 7 heteroatoms. The van der Waals surface area contributed by atoms with Crippen LogP contribution in [0.5, 0.6) is 0 Å². The number of rotatable bonds is 5. The lowest BCUT2D eigenvalue weighted by Crippen LogP contribution is -2.47. The predicted molar refractivity (Wildman–Crippen MR) is 109 cm³/mol. The molecule has 4 rings (SSSR count). The summed E-state index contributed by atoms with van der Waals surface area (Å²) in [6, 6.07) is 8.15. The molecule has 2 fully saturated rings. The second-order valence-electron chi connectivity index (χ2n) is 7.52. The van der Waals surface area contributed by atoms with Crippen LogP contribution < -0.4 is 0 Å². The molecule has 0 N–H and O–H groups in total. The summed E-state index contributed by atoms with van der Waals surface area (Å²) in [5, 5.41) is 1.10. The first-order valence-corrected chi connectivity index (χ1v) is 11.0. The summed E-state index contributed by atoms with van der Waals surface area (Å²) in [6.07, 6.45) is 3.78. The van der Waals surface area contributed by atoms with Gasteiger partial charge in [0.05, 0.1) is 28.4 Å². The summed E-state index contributed by atoms with van der Waals surface area (Å²) < 4.78 is 6.53. The minimum absolute atomic E-state index is 0.0601. The number of thiazole rings is 1. The number of ether oxygens (including phenoxy) is 1. The second-order valence-corrected chi connectivity index (χ2v) is 8.64. The minimum atomic E-state index is 0.0601. The Morgan fingerprint density at radius 2 is 1.82 bits per heavy atom. The lowest BCUT2D eigenvalue weighted by atomic mass is 9.94. The first-order valence-electron chi connectivity index (χ1n) is 10.2. The smallest absolute Gasteiger partial charge is 0.225 e. The van der Waals surface area contributed by atoms with Crippen molar-refractivity contribution >= 4 is 33.4 Å². The van der Waals surface area contributed by atoms with Crippen molar-refractivity contribution in [1.82, 2.24) is 14.8 Å². The van der Waals surface area contributed by atoms with Crippen molar-refractivity contribution in [2.45, 2.75) is 32.1 Å². The average molecular weight is 402 g/mol. The molecule has 1 aromatic carbocycles. The number of amides is 2. The monoisotopic (exact) mass is 401 g/mol. The van der Waals surface area contributed by atoms with Crippen molar-refractivity contribution in [2.24, 2.45) is 5.92 Å². The number of piperidine rings is 1. The van der Waals surface area contributed by atoms with Crippen LogP contribution in [0.1, 0.15) is 30.7 Å². The SMILES string of the molecule is O=C(CCCc1nc2ccccc2s1)N1CCC(C(=O)N2CCOCC2)CC1. The summed E-state index contributed by atoms with van der Waals surface area (Å²) in [6.45, 7) is 4.06. The second kappa shape index (κ2) is 9.01. The molecule has 2 aliphatic rings. The molecule has 0 bridgehead atoms. The number of nitrogens with zero attached hydrogens (tertiary/aromatic N) is 3. The minimum Gasteiger partial charge on any atom is -0.378 e. The highest BCUT2D eigenvalue weighted by Gasteiger charge is 2.30. The molecule has 150 valence electrons. The lowest BCUT2D eigenvalue weighted by Gasteiger charge is -2.35. The van der Waals surface area contributed by atoms with E-state index in [1.807, 2.05) is 28.0 Å². The van der Waals surface area contributed by atoms with E-state index in [9.17, 15) is 9.59 Å². The number of morpholine rings is 1. The van der Waals surface area contributed by atoms with Crippen molar-refractivity contribution in [2.75, 3.05) is 39.4 Å². The van der Waals surface area contributed by atoms with Gasteiger partial charge in [-0.3, -0.25) is 9.59 Å². The van der Waals surface area contributed by atoms with Crippen LogP contribution in [0.4, 0.5) is 0 Å². The molecular weight excluding hydrogens is 374 g/mol. The van der Waals surface area contributed by atoms with E-state index >= 15 is 0 Å². The fourth-order valence-corrected chi connectivity index (χ4v) is 5.00. The Hall–Kier alpha value is -1.99. The van der Waals surface area contributed by atoms with Gasteiger partial charge in [0, 0.05) is 38.5 Å². The van der Waals surface area contributed by atoms with Crippen LogP contribution in [-0.4, -0.2) is 66.0 Å². The van der Waals surface area contributed by atoms with E-state index in [0.29, 0.717) is 45.8 Å². The normalized spacial score (nSPS) is 18.6. The van der Waals surface area contributed by atoms with Gasteiger partial charge in [-0.15, -0.1) is 11.3 Å². The van der Waals surface area contributed by atoms with Crippen molar-refractivity contribution in [1.29, 1.82) is 0 Å². The van der Waals surface area contributed by atoms with E-state index in [4.69, 9.17) is 4.74 Å². The van der Waals surface area contributed by atoms with E-state index in [1.165, 1.54) is 4.70 Å². The highest BCUT2D eigenvalue weighted by atomic mass is 32.1. The van der Waals surface area contributed by atoms with Gasteiger partial charge in [-0.2, -0.15) is 0 Å². The highest BCUT2D eigenvalue weighted by molar-refractivity contribution is 7.18. The molecule has 1 aromatic heterocycles. The van der Waals surface area contributed by atoms with E-state index in [-0.39, 0.29) is 17.7 Å². The number of fused-ring (bicyclic) bond motifs is 1. The topological polar surface area (TPSA) is 62.7 Å². The van der Waals surface area contributed by atoms with Crippen molar-refractivity contribution in [3.63, 3.8) is 0 Å². The van der Waals surface area contributed by atoms with Crippen LogP contribution in [0.3, 0.4) is 0 Å². The molecule has 0 atom stereocenters. The number of likely N-dealkylation sites (tertiary alicyclic amines) is 1. The van der Waals surface area contributed by atoms with Gasteiger partial charge in [0.25, 0.3) is 0 Å². The zero-order valence-corrected chi connectivity index (χ0v) is 17.0. The molecule has 2 amide bonds. The molecule has 0 spiro atoms. The Bertz CT molecular complexity index is 790. The van der Waals surface area contributed by atoms with E-state index in [1.54, 1.807) is 11.3 Å². The van der Waals surface area contributed by atoms with Gasteiger partial charge < -0.3 is 14.5 Å². The van der Waals surface area contributed by atoms with Gasteiger partial charge in [0.1, 0.15) is 0 Å². The third-order valence-electron chi connectivity index (χ3n) is 5.64. The molecule has 2 saturated heterocycles. The molecule has 2 aromatic rings. The summed E-state index contributed by atoms with van der Waals surface area (Å²) in [4.78, 5) is 33.6. The number of benzene rings is 1. The first-order chi connectivity index (χ1) is 13.7. The summed E-state index contributed by atoms with van der Waals surface area (Å²) in [5.74, 6) is 0.509. The largest absolute Gasteiger partial charge is 0.378 e. The van der Waals surface area contributed by atoms with Crippen molar-refractivity contribution in [3.05, 3.63) is 29.3 Å². The van der Waals surface area contributed by atoms with Gasteiger partial charge in [-0.05, 0) is 37.8 Å². The van der Waals surface area contributed by atoms with Gasteiger partial charge in [0.15, 0.2) is 0 Å². The quantitative estimate of drug-likeness (QED) is 0.773. The Morgan fingerprint density at radius 3 is 2.57 bits per heavy atom. The maximum Gasteiger partial charge on any atom is 0.225 e. The number of carbonyl (C=O) groups excluding carboxylic acids is 2. The van der Waals surface area contributed by atoms with Gasteiger partial charge in [-0.1, -0.05) is 12.1 Å². The molecular formula is C21H27N3O3S. The van der Waals surface area contributed by atoms with Crippen molar-refractivity contribution < 1.29 is 14.3 Å². The van der Waals surface area contributed by atoms with Crippen molar-refractivity contribution in [3.8, 4) is 0 Å². The number of para-hydroxylation sites is 1. The van der Waals surface area contributed by atoms with Gasteiger partial charge in [-0.25, -0.2) is 4.98 Å². The maximum atomic E-state index is 12.6. The predicted octanol–water partition coefficient (Wildman–Crippen LogP) is 2.72. The van der Waals surface area contributed by atoms with Gasteiger partial charge in [0.2, 0.25) is 11.8 Å². The average Bonchev–Trinajstić information content (AvgIpc) is 3.16. The maximum absolute atomic E-state index is 12.6. The number of hydrogen-bond acceptors (Lipinski definition) is 5. The Kier molecular flexibility index (Phi) is 6.22. The third kappa shape index (κ3) is 4.52. The van der Waals surface area contributed by atoms with Crippen LogP contribution in [0.25, 0.3) is 10.2 Å². The molecule has 0 radical (unpaired) electrons. The summed E-state index contributed by atoms with van der Waals surface area (Å²) in [5.41, 5.74) is 1.04. The fraction of sp³-hybridized carbons (Fsp3) is 0.571. The molecule has 3 heterocycles. The highest BCUT2D eigenvalue weighted by Crippen LogP contribution is 2.24. The number of aromatic nitrogens is 1. The zero-order chi connectivity index (χ0) is 19.3. The Morgan fingerprint density at radius 1 is 1.07 bits per heavy atom.